The van der Waals surface area contributed by atoms with Crippen LogP contribution in [0.2, 0.25) is 0 Å². The van der Waals surface area contributed by atoms with Crippen LogP contribution in [0, 0.1) is 20.8 Å². The van der Waals surface area contributed by atoms with E-state index >= 15 is 0 Å². The molecule has 29 heavy (non-hydrogen) atoms. The van der Waals surface area contributed by atoms with Gasteiger partial charge in [-0.05, 0) is 61.7 Å². The molecule has 3 aromatic rings. The van der Waals surface area contributed by atoms with Gasteiger partial charge in [0, 0.05) is 17.8 Å². The van der Waals surface area contributed by atoms with Gasteiger partial charge < -0.3 is 15.4 Å². The van der Waals surface area contributed by atoms with Gasteiger partial charge in [0.2, 0.25) is 5.91 Å². The fraction of sp³-hybridized carbons (Fsp3) is 0.240. The highest BCUT2D eigenvalue weighted by Gasteiger charge is 2.08. The number of amides is 1. The molecule has 0 aromatic heterocycles. The van der Waals surface area contributed by atoms with Gasteiger partial charge in [-0.2, -0.15) is 0 Å². The van der Waals surface area contributed by atoms with Gasteiger partial charge in [-0.25, -0.2) is 0 Å². The van der Waals surface area contributed by atoms with Gasteiger partial charge in [0.15, 0.2) is 0 Å². The average molecular weight is 389 g/mol. The maximum absolute atomic E-state index is 12.3. The predicted molar refractivity (Wildman–Crippen MR) is 120 cm³/mol. The summed E-state index contributed by atoms with van der Waals surface area (Å²) in [6, 6.07) is 22.1. The lowest BCUT2D eigenvalue weighted by Gasteiger charge is -2.14. The fourth-order valence-corrected chi connectivity index (χ4v) is 3.34. The Balaban J connectivity index is 1.45. The molecule has 0 aliphatic rings. The van der Waals surface area contributed by atoms with Crippen LogP contribution in [0.5, 0.6) is 5.75 Å². The van der Waals surface area contributed by atoms with Gasteiger partial charge >= 0.3 is 0 Å². The highest BCUT2D eigenvalue weighted by atomic mass is 16.5. The number of anilines is 2. The molecule has 0 aliphatic carbocycles. The minimum Gasteiger partial charge on any atom is -0.493 e. The molecule has 0 saturated heterocycles. The first-order valence-electron chi connectivity index (χ1n) is 9.89. The Morgan fingerprint density at radius 1 is 0.897 bits per heavy atom. The highest BCUT2D eigenvalue weighted by Crippen LogP contribution is 2.22. The Morgan fingerprint density at radius 3 is 2.21 bits per heavy atom. The van der Waals surface area contributed by atoms with Crippen LogP contribution >= 0.6 is 0 Å². The molecular formula is C25H28N2O2. The van der Waals surface area contributed by atoms with Crippen molar-refractivity contribution in [3.8, 4) is 5.75 Å². The van der Waals surface area contributed by atoms with E-state index in [1.165, 1.54) is 11.1 Å². The Kier molecular flexibility index (Phi) is 6.90. The Morgan fingerprint density at radius 2 is 1.55 bits per heavy atom. The quantitative estimate of drug-likeness (QED) is 0.552. The molecular weight excluding hydrogens is 360 g/mol. The van der Waals surface area contributed by atoms with Crippen molar-refractivity contribution < 1.29 is 9.53 Å². The number of benzene rings is 3. The van der Waals surface area contributed by atoms with Crippen molar-refractivity contribution in [1.29, 1.82) is 0 Å². The van der Waals surface area contributed by atoms with E-state index in [9.17, 15) is 4.79 Å². The topological polar surface area (TPSA) is 50.4 Å². The fourth-order valence-electron chi connectivity index (χ4n) is 3.34. The van der Waals surface area contributed by atoms with Crippen LogP contribution in [0.4, 0.5) is 11.4 Å². The minimum atomic E-state index is -0.0664. The second kappa shape index (κ2) is 9.78. The van der Waals surface area contributed by atoms with E-state index in [4.69, 9.17) is 4.74 Å². The average Bonchev–Trinajstić information content (AvgIpc) is 2.71. The summed E-state index contributed by atoms with van der Waals surface area (Å²) in [6.07, 6.45) is 0.874. The van der Waals surface area contributed by atoms with Crippen molar-refractivity contribution in [1.82, 2.24) is 0 Å². The van der Waals surface area contributed by atoms with Crippen LogP contribution in [0.3, 0.4) is 0 Å². The summed E-state index contributed by atoms with van der Waals surface area (Å²) in [5.41, 5.74) is 6.39. The number of hydrogen-bond acceptors (Lipinski definition) is 3. The number of ether oxygens (including phenoxy) is 1. The normalized spacial score (nSPS) is 10.4. The molecule has 0 radical (unpaired) electrons. The maximum Gasteiger partial charge on any atom is 0.243 e. The van der Waals surface area contributed by atoms with Crippen molar-refractivity contribution in [3.05, 3.63) is 89.0 Å². The van der Waals surface area contributed by atoms with Crippen LogP contribution in [0.25, 0.3) is 0 Å². The molecule has 0 unspecified atom stereocenters. The Hall–Kier alpha value is -3.27. The SMILES string of the molecule is Cc1cc(C)c(NC(=O)CNc2ccc(OCCc3ccccc3)cc2)c(C)c1. The van der Waals surface area contributed by atoms with E-state index in [-0.39, 0.29) is 12.5 Å². The molecule has 4 nitrogen and oxygen atoms in total. The molecule has 150 valence electrons. The van der Waals surface area contributed by atoms with Gasteiger partial charge in [0.25, 0.3) is 0 Å². The van der Waals surface area contributed by atoms with Crippen LogP contribution in [0.15, 0.2) is 66.7 Å². The number of nitrogens with one attached hydrogen (secondary N) is 2. The van der Waals surface area contributed by atoms with Gasteiger partial charge in [-0.3, -0.25) is 4.79 Å². The summed E-state index contributed by atoms with van der Waals surface area (Å²) in [4.78, 5) is 12.3. The maximum atomic E-state index is 12.3. The zero-order valence-corrected chi connectivity index (χ0v) is 17.3. The van der Waals surface area contributed by atoms with E-state index in [1.54, 1.807) is 0 Å². The van der Waals surface area contributed by atoms with Crippen molar-refractivity contribution in [2.45, 2.75) is 27.2 Å². The van der Waals surface area contributed by atoms with Crippen LogP contribution in [-0.2, 0) is 11.2 Å². The van der Waals surface area contributed by atoms with E-state index in [2.05, 4.69) is 41.8 Å². The summed E-state index contributed by atoms with van der Waals surface area (Å²) in [6.45, 7) is 6.93. The van der Waals surface area contributed by atoms with Crippen molar-refractivity contribution in [3.63, 3.8) is 0 Å². The number of aryl methyl sites for hydroxylation is 3. The molecule has 1 amide bonds. The third kappa shape index (κ3) is 6.11. The molecule has 0 heterocycles. The summed E-state index contributed by atoms with van der Waals surface area (Å²) < 4.78 is 5.80. The largest absolute Gasteiger partial charge is 0.493 e. The summed E-state index contributed by atoms with van der Waals surface area (Å²) in [5.74, 6) is 0.755. The van der Waals surface area contributed by atoms with E-state index < -0.39 is 0 Å². The van der Waals surface area contributed by atoms with Crippen molar-refractivity contribution in [2.24, 2.45) is 0 Å². The van der Waals surface area contributed by atoms with Gasteiger partial charge in [0.05, 0.1) is 13.2 Å². The first-order chi connectivity index (χ1) is 14.0. The molecule has 0 saturated carbocycles. The van der Waals surface area contributed by atoms with Crippen LogP contribution in [-0.4, -0.2) is 19.1 Å². The first-order valence-corrected chi connectivity index (χ1v) is 9.89. The third-order valence-corrected chi connectivity index (χ3v) is 4.75. The van der Waals surface area contributed by atoms with Crippen LogP contribution < -0.4 is 15.4 Å². The molecule has 2 N–H and O–H groups in total. The highest BCUT2D eigenvalue weighted by molar-refractivity contribution is 5.95. The molecule has 4 heteroatoms. The summed E-state index contributed by atoms with van der Waals surface area (Å²) in [7, 11) is 0. The Labute approximate surface area is 172 Å². The van der Waals surface area contributed by atoms with E-state index in [0.717, 1.165) is 34.7 Å². The second-order valence-electron chi connectivity index (χ2n) is 7.28. The number of carbonyl (C=O) groups is 1. The molecule has 3 rings (SSSR count). The summed E-state index contributed by atoms with van der Waals surface area (Å²) >= 11 is 0. The van der Waals surface area contributed by atoms with E-state index in [1.807, 2.05) is 56.3 Å². The second-order valence-corrected chi connectivity index (χ2v) is 7.28. The molecule has 0 fully saturated rings. The first kappa shape index (κ1) is 20.5. The van der Waals surface area contributed by atoms with Gasteiger partial charge in [0.1, 0.15) is 5.75 Å². The van der Waals surface area contributed by atoms with Crippen molar-refractivity contribution >= 4 is 17.3 Å². The Bertz CT molecular complexity index is 927. The van der Waals surface area contributed by atoms with Crippen molar-refractivity contribution in [2.75, 3.05) is 23.8 Å². The lowest BCUT2D eigenvalue weighted by molar-refractivity contribution is -0.114. The molecule has 3 aromatic carbocycles. The predicted octanol–water partition coefficient (Wildman–Crippen LogP) is 5.28. The van der Waals surface area contributed by atoms with Gasteiger partial charge in [-0.15, -0.1) is 0 Å². The third-order valence-electron chi connectivity index (χ3n) is 4.75. The molecule has 0 bridgehead atoms. The monoisotopic (exact) mass is 388 g/mol. The van der Waals surface area contributed by atoms with Crippen LogP contribution in [0.1, 0.15) is 22.3 Å². The molecule has 0 aliphatic heterocycles. The number of rotatable bonds is 8. The number of hydrogen-bond donors (Lipinski definition) is 2. The summed E-state index contributed by atoms with van der Waals surface area (Å²) in [5, 5.41) is 6.16. The van der Waals surface area contributed by atoms with Gasteiger partial charge in [-0.1, -0.05) is 48.0 Å². The molecule has 0 spiro atoms. The van der Waals surface area contributed by atoms with E-state index in [0.29, 0.717) is 6.61 Å². The number of carbonyl (C=O) groups excluding carboxylic acids is 1. The lowest BCUT2D eigenvalue weighted by Crippen LogP contribution is -2.22. The molecule has 0 atom stereocenters. The zero-order valence-electron chi connectivity index (χ0n) is 17.3. The standard InChI is InChI=1S/C25H28N2O2/c1-18-15-19(2)25(20(3)16-18)27-24(28)17-26-22-9-11-23(12-10-22)29-14-13-21-7-5-4-6-8-21/h4-12,15-16,26H,13-14,17H2,1-3H3,(H,27,28). The minimum absolute atomic E-state index is 0.0664. The lowest BCUT2D eigenvalue weighted by atomic mass is 10.1. The zero-order chi connectivity index (χ0) is 20.6. The smallest absolute Gasteiger partial charge is 0.243 e.